The second kappa shape index (κ2) is 10.5. The Hall–Kier alpha value is -3.63. The number of hydrogen-bond donors (Lipinski definition) is 0. The number of esters is 1. The van der Waals surface area contributed by atoms with Crippen molar-refractivity contribution in [2.75, 3.05) is 20.8 Å². The number of ether oxygens (including phenoxy) is 3. The van der Waals surface area contributed by atoms with Gasteiger partial charge in [-0.1, -0.05) is 23.7 Å². The third kappa shape index (κ3) is 5.60. The lowest BCUT2D eigenvalue weighted by molar-refractivity contribution is -0.219. The van der Waals surface area contributed by atoms with E-state index < -0.39 is 30.9 Å². The van der Waals surface area contributed by atoms with Crippen LogP contribution in [-0.4, -0.2) is 47.7 Å². The highest BCUT2D eigenvalue weighted by Crippen LogP contribution is 2.36. The summed E-state index contributed by atoms with van der Waals surface area (Å²) >= 11 is 5.93. The molecule has 2 aromatic heterocycles. The molecule has 2 aromatic carbocycles. The minimum atomic E-state index is -3.54. The van der Waals surface area contributed by atoms with E-state index in [-0.39, 0.29) is 28.6 Å². The van der Waals surface area contributed by atoms with E-state index >= 15 is 0 Å². The summed E-state index contributed by atoms with van der Waals surface area (Å²) in [6, 6.07) is 9.61. The van der Waals surface area contributed by atoms with Crippen LogP contribution in [-0.2, 0) is 27.1 Å². The van der Waals surface area contributed by atoms with Crippen LogP contribution in [0.2, 0.25) is 5.02 Å². The monoisotopic (exact) mass is 519 g/mol. The van der Waals surface area contributed by atoms with E-state index in [1.165, 1.54) is 25.6 Å². The second-order valence-electron chi connectivity index (χ2n) is 7.86. The smallest absolute Gasteiger partial charge is 0.359 e. The molecule has 0 radical (unpaired) electrons. The average Bonchev–Trinajstić information content (AvgIpc) is 3.31. The molecule has 4 rings (SSSR count). The Morgan fingerprint density at radius 3 is 2.50 bits per heavy atom. The highest BCUT2D eigenvalue weighted by atomic mass is 35.5. The van der Waals surface area contributed by atoms with Gasteiger partial charge in [0.1, 0.15) is 17.1 Å². The molecule has 0 saturated carbocycles. The molecular weight excluding hydrogens is 499 g/mol. The molecule has 7 nitrogen and oxygen atoms in total. The number of carbonyl (C=O) groups excluding carboxylic acids is 1. The zero-order valence-corrected chi connectivity index (χ0v) is 20.1. The van der Waals surface area contributed by atoms with Gasteiger partial charge in [-0.05, 0) is 47.4 Å². The maximum absolute atomic E-state index is 14.6. The van der Waals surface area contributed by atoms with Crippen molar-refractivity contribution in [2.24, 2.45) is 0 Å². The Bertz CT molecular complexity index is 1390. The second-order valence-corrected chi connectivity index (χ2v) is 8.30. The van der Waals surface area contributed by atoms with Crippen LogP contribution in [0.3, 0.4) is 0 Å². The summed E-state index contributed by atoms with van der Waals surface area (Å²) in [4.78, 5) is 15.8. The summed E-state index contributed by atoms with van der Waals surface area (Å²) < 4.78 is 59.6. The molecular formula is C25H21ClF3N3O4. The van der Waals surface area contributed by atoms with Gasteiger partial charge >= 0.3 is 12.1 Å². The molecule has 188 valence electrons. The van der Waals surface area contributed by atoms with Gasteiger partial charge in [-0.15, -0.1) is 0 Å². The summed E-state index contributed by atoms with van der Waals surface area (Å²) in [5.74, 6) is -1.37. The third-order valence-electron chi connectivity index (χ3n) is 5.53. The lowest BCUT2D eigenvalue weighted by Crippen LogP contribution is -2.23. The molecule has 0 bridgehead atoms. The van der Waals surface area contributed by atoms with Crippen LogP contribution in [0.25, 0.3) is 16.6 Å². The highest BCUT2D eigenvalue weighted by Gasteiger charge is 2.32. The Labute approximate surface area is 209 Å². The van der Waals surface area contributed by atoms with E-state index in [2.05, 4.69) is 19.6 Å². The summed E-state index contributed by atoms with van der Waals surface area (Å²) in [5.41, 5.74) is 1.90. The molecule has 0 saturated heterocycles. The van der Waals surface area contributed by atoms with Gasteiger partial charge in [0.05, 0.1) is 30.4 Å². The zero-order valence-electron chi connectivity index (χ0n) is 19.3. The number of nitrogens with zero attached hydrogens (tertiary/aromatic N) is 3. The Morgan fingerprint density at radius 2 is 1.86 bits per heavy atom. The van der Waals surface area contributed by atoms with Gasteiger partial charge < -0.3 is 14.2 Å². The minimum absolute atomic E-state index is 0.0268. The van der Waals surface area contributed by atoms with Crippen LogP contribution < -0.4 is 4.74 Å². The zero-order chi connectivity index (χ0) is 25.9. The van der Waals surface area contributed by atoms with E-state index in [1.54, 1.807) is 23.0 Å². The van der Waals surface area contributed by atoms with E-state index in [4.69, 9.17) is 16.3 Å². The van der Waals surface area contributed by atoms with Crippen molar-refractivity contribution in [3.63, 3.8) is 0 Å². The van der Waals surface area contributed by atoms with Gasteiger partial charge in [0.25, 0.3) is 0 Å². The molecule has 0 amide bonds. The molecule has 0 aliphatic carbocycles. The predicted octanol–water partition coefficient (Wildman–Crippen LogP) is 5.14. The van der Waals surface area contributed by atoms with Crippen molar-refractivity contribution in [1.29, 1.82) is 0 Å². The van der Waals surface area contributed by atoms with Crippen LogP contribution in [0, 0.1) is 5.82 Å². The average molecular weight is 520 g/mol. The molecule has 0 aliphatic rings. The lowest BCUT2D eigenvalue weighted by atomic mass is 9.94. The van der Waals surface area contributed by atoms with Gasteiger partial charge in [-0.2, -0.15) is 13.9 Å². The van der Waals surface area contributed by atoms with Gasteiger partial charge in [-0.3, -0.25) is 4.98 Å². The van der Waals surface area contributed by atoms with E-state index in [9.17, 15) is 18.0 Å². The number of halogens is 4. The number of methoxy groups -OCH3 is 2. The van der Waals surface area contributed by atoms with E-state index in [1.807, 2.05) is 12.1 Å². The van der Waals surface area contributed by atoms with Gasteiger partial charge in [0.15, 0.2) is 6.61 Å². The van der Waals surface area contributed by atoms with Crippen LogP contribution in [0.1, 0.15) is 16.7 Å². The normalized spacial score (nSPS) is 11.6. The number of benzene rings is 2. The molecule has 0 atom stereocenters. The number of pyridine rings is 1. The fourth-order valence-electron chi connectivity index (χ4n) is 3.72. The highest BCUT2D eigenvalue weighted by molar-refractivity contribution is 6.30. The number of carbonyl (C=O) groups is 1. The predicted molar refractivity (Wildman–Crippen MR) is 126 cm³/mol. The van der Waals surface area contributed by atoms with Crippen LogP contribution in [0.15, 0.2) is 55.0 Å². The van der Waals surface area contributed by atoms with Gasteiger partial charge in [0.2, 0.25) is 0 Å². The number of fused-ring (bicyclic) bond motifs is 1. The topological polar surface area (TPSA) is 75.5 Å². The standard InChI is InChI=1S/C25H21ClF3N3O4/c1-34-22(33)14-36-21-8-7-20(27)24-23(21)19(10-25(28,29)35-2)16(11-30-24)9-15-3-5-18(6-4-15)32-13-17(26)12-31-32/h3-8,11-13H,9-10,14H2,1-2H3. The van der Waals surface area contributed by atoms with Crippen molar-refractivity contribution in [2.45, 2.75) is 19.0 Å². The molecule has 11 heteroatoms. The van der Waals surface area contributed by atoms with Crippen molar-refractivity contribution >= 4 is 28.5 Å². The quantitative estimate of drug-likeness (QED) is 0.285. The molecule has 36 heavy (non-hydrogen) atoms. The van der Waals surface area contributed by atoms with Crippen molar-refractivity contribution in [3.05, 3.63) is 82.5 Å². The number of alkyl halides is 2. The molecule has 4 aromatic rings. The first kappa shape index (κ1) is 25.5. The fraction of sp³-hybridized carbons (Fsp3) is 0.240. The molecule has 2 heterocycles. The molecule has 0 aliphatic heterocycles. The van der Waals surface area contributed by atoms with Crippen LogP contribution in [0.5, 0.6) is 5.75 Å². The Kier molecular flexibility index (Phi) is 7.46. The minimum Gasteiger partial charge on any atom is -0.481 e. The summed E-state index contributed by atoms with van der Waals surface area (Å²) in [6.45, 7) is -0.486. The summed E-state index contributed by atoms with van der Waals surface area (Å²) in [6.07, 6.45) is 0.331. The third-order valence-corrected chi connectivity index (χ3v) is 5.73. The van der Waals surface area contributed by atoms with E-state index in [0.717, 1.165) is 24.4 Å². The Morgan fingerprint density at radius 1 is 1.11 bits per heavy atom. The Balaban J connectivity index is 1.77. The molecule has 0 spiro atoms. The van der Waals surface area contributed by atoms with Gasteiger partial charge in [-0.25, -0.2) is 13.9 Å². The molecule has 0 fully saturated rings. The number of hydrogen-bond acceptors (Lipinski definition) is 6. The first-order valence-corrected chi connectivity index (χ1v) is 11.1. The first-order chi connectivity index (χ1) is 17.2. The number of aromatic nitrogens is 3. The van der Waals surface area contributed by atoms with Crippen molar-refractivity contribution in [1.82, 2.24) is 14.8 Å². The molecule has 0 N–H and O–H groups in total. The first-order valence-electron chi connectivity index (χ1n) is 10.7. The maximum Gasteiger partial charge on any atom is 0.359 e. The largest absolute Gasteiger partial charge is 0.481 e. The van der Waals surface area contributed by atoms with Crippen LogP contribution >= 0.6 is 11.6 Å². The van der Waals surface area contributed by atoms with Crippen molar-refractivity contribution in [3.8, 4) is 11.4 Å². The van der Waals surface area contributed by atoms with E-state index in [0.29, 0.717) is 10.6 Å². The maximum atomic E-state index is 14.6. The SMILES string of the molecule is COC(=O)COc1ccc(F)c2ncc(Cc3ccc(-n4cc(Cl)cn4)cc3)c(CC(F)(F)OC)c12. The number of rotatable bonds is 9. The van der Waals surface area contributed by atoms with Gasteiger partial charge in [0, 0.05) is 24.9 Å². The van der Waals surface area contributed by atoms with Crippen molar-refractivity contribution < 1.29 is 32.2 Å². The summed E-state index contributed by atoms with van der Waals surface area (Å²) in [7, 11) is 2.07. The molecule has 0 unspecified atom stereocenters. The van der Waals surface area contributed by atoms with Crippen LogP contribution in [0.4, 0.5) is 13.2 Å². The fourth-order valence-corrected chi connectivity index (χ4v) is 3.86. The lowest BCUT2D eigenvalue weighted by Gasteiger charge is -2.20. The summed E-state index contributed by atoms with van der Waals surface area (Å²) in [5, 5.41) is 4.67.